The average molecular weight is 359 g/mol. The molecule has 0 aliphatic heterocycles. The summed E-state index contributed by atoms with van der Waals surface area (Å²) >= 11 is 1.29. The molecule has 2 aromatic heterocycles. The maximum absolute atomic E-state index is 11.2. The molecule has 0 saturated heterocycles. The van der Waals surface area contributed by atoms with Gasteiger partial charge in [-0.15, -0.1) is 10.2 Å². The minimum Gasteiger partial charge on any atom is -0.461 e. The van der Waals surface area contributed by atoms with Crippen molar-refractivity contribution in [2.45, 2.75) is 10.9 Å². The number of carbonyl (C=O) groups is 1. The Labute approximate surface area is 146 Å². The lowest BCUT2D eigenvalue weighted by Crippen LogP contribution is -2.11. The van der Waals surface area contributed by atoms with E-state index in [9.17, 15) is 14.9 Å². The number of nitrogens with zero attached hydrogens (tertiary/aromatic N) is 4. The molecular formula is C15H13N5O4S. The molecule has 0 aliphatic carbocycles. The van der Waals surface area contributed by atoms with Gasteiger partial charge in [-0.3, -0.25) is 14.9 Å². The van der Waals surface area contributed by atoms with Crippen LogP contribution in [-0.4, -0.2) is 25.6 Å². The molecule has 10 heteroatoms. The second-order valence-electron chi connectivity index (χ2n) is 5.10. The van der Waals surface area contributed by atoms with E-state index in [1.165, 1.54) is 30.0 Å². The monoisotopic (exact) mass is 359 g/mol. The van der Waals surface area contributed by atoms with Crippen LogP contribution in [-0.2, 0) is 12.8 Å². The number of amides is 1. The zero-order valence-electron chi connectivity index (χ0n) is 13.1. The minimum atomic E-state index is -0.710. The van der Waals surface area contributed by atoms with Crippen LogP contribution in [0, 0.1) is 10.1 Å². The molecular weight excluding hydrogens is 346 g/mol. The number of nitro groups is 1. The van der Waals surface area contributed by atoms with E-state index in [1.54, 1.807) is 30.0 Å². The third-order valence-corrected chi connectivity index (χ3v) is 4.57. The second kappa shape index (κ2) is 6.77. The normalized spacial score (nSPS) is 10.8. The van der Waals surface area contributed by atoms with Crippen LogP contribution in [0.5, 0.6) is 0 Å². The fraction of sp³-hybridized carbons (Fsp3) is 0.133. The van der Waals surface area contributed by atoms with Crippen LogP contribution < -0.4 is 5.73 Å². The maximum Gasteiger partial charge on any atom is 0.274 e. The lowest BCUT2D eigenvalue weighted by atomic mass is 10.1. The van der Waals surface area contributed by atoms with Crippen LogP contribution in [0.1, 0.15) is 15.9 Å². The predicted octanol–water partition coefficient (Wildman–Crippen LogP) is 2.37. The molecule has 0 radical (unpaired) electrons. The fourth-order valence-corrected chi connectivity index (χ4v) is 3.12. The number of nitrogens with two attached hydrogens (primary N) is 1. The molecule has 3 rings (SSSR count). The van der Waals surface area contributed by atoms with Gasteiger partial charge in [0.25, 0.3) is 5.69 Å². The number of hydrogen-bond donors (Lipinski definition) is 1. The molecule has 128 valence electrons. The van der Waals surface area contributed by atoms with Crippen molar-refractivity contribution in [3.8, 4) is 11.6 Å². The molecule has 25 heavy (non-hydrogen) atoms. The summed E-state index contributed by atoms with van der Waals surface area (Å²) in [5, 5.41) is 20.0. The van der Waals surface area contributed by atoms with E-state index in [0.717, 1.165) is 0 Å². The third kappa shape index (κ3) is 3.38. The predicted molar refractivity (Wildman–Crippen MR) is 89.9 cm³/mol. The summed E-state index contributed by atoms with van der Waals surface area (Å²) < 4.78 is 7.04. The molecule has 2 heterocycles. The largest absolute Gasteiger partial charge is 0.461 e. The van der Waals surface area contributed by atoms with Gasteiger partial charge in [0.1, 0.15) is 0 Å². The molecule has 2 N–H and O–H groups in total. The number of nitro benzene ring substituents is 1. The first-order valence-electron chi connectivity index (χ1n) is 7.10. The highest BCUT2D eigenvalue weighted by molar-refractivity contribution is 7.98. The van der Waals surface area contributed by atoms with Gasteiger partial charge in [-0.25, -0.2) is 0 Å². The Kier molecular flexibility index (Phi) is 4.52. The number of hydrogen-bond acceptors (Lipinski definition) is 7. The minimum absolute atomic E-state index is 0.0965. The summed E-state index contributed by atoms with van der Waals surface area (Å²) in [5.74, 6) is 0.725. The third-order valence-electron chi connectivity index (χ3n) is 3.50. The highest BCUT2D eigenvalue weighted by atomic mass is 32.2. The highest BCUT2D eigenvalue weighted by Crippen LogP contribution is 2.29. The SMILES string of the molecule is Cn1c(SCc2ccc(C(N)=O)cc2[N+](=O)[O-])nnc1-c1ccco1. The molecule has 0 bridgehead atoms. The van der Waals surface area contributed by atoms with Gasteiger partial charge in [-0.05, 0) is 18.2 Å². The van der Waals surface area contributed by atoms with Crippen molar-refractivity contribution in [1.82, 2.24) is 14.8 Å². The van der Waals surface area contributed by atoms with E-state index >= 15 is 0 Å². The summed E-state index contributed by atoms with van der Waals surface area (Å²) in [5.41, 5.74) is 5.57. The van der Waals surface area contributed by atoms with E-state index in [0.29, 0.717) is 28.1 Å². The summed E-state index contributed by atoms with van der Waals surface area (Å²) in [4.78, 5) is 21.9. The lowest BCUT2D eigenvalue weighted by molar-refractivity contribution is -0.385. The van der Waals surface area contributed by atoms with Crippen molar-refractivity contribution < 1.29 is 14.1 Å². The van der Waals surface area contributed by atoms with Crippen molar-refractivity contribution in [3.63, 3.8) is 0 Å². The van der Waals surface area contributed by atoms with Crippen LogP contribution in [0.15, 0.2) is 46.2 Å². The zero-order chi connectivity index (χ0) is 18.0. The average Bonchev–Trinajstić information content (AvgIpc) is 3.22. The number of rotatable bonds is 6. The maximum atomic E-state index is 11.2. The number of primary amides is 1. The molecule has 1 aromatic carbocycles. The molecule has 0 fully saturated rings. The Bertz CT molecular complexity index is 936. The summed E-state index contributed by atoms with van der Waals surface area (Å²) in [7, 11) is 1.78. The van der Waals surface area contributed by atoms with E-state index in [2.05, 4.69) is 10.2 Å². The molecule has 1 amide bonds. The summed E-state index contributed by atoms with van der Waals surface area (Å²) in [6.45, 7) is 0. The van der Waals surface area contributed by atoms with Crippen molar-refractivity contribution in [2.24, 2.45) is 12.8 Å². The van der Waals surface area contributed by atoms with Crippen molar-refractivity contribution in [1.29, 1.82) is 0 Å². The summed E-state index contributed by atoms with van der Waals surface area (Å²) in [6, 6.07) is 7.70. The molecule has 0 spiro atoms. The zero-order valence-corrected chi connectivity index (χ0v) is 13.9. The Hall–Kier alpha value is -3.14. The molecule has 0 aliphatic rings. The van der Waals surface area contributed by atoms with Crippen LogP contribution in [0.25, 0.3) is 11.6 Å². The van der Waals surface area contributed by atoms with Gasteiger partial charge in [0.2, 0.25) is 5.91 Å². The fourth-order valence-electron chi connectivity index (χ4n) is 2.21. The van der Waals surface area contributed by atoms with Crippen LogP contribution >= 0.6 is 11.8 Å². The number of benzene rings is 1. The number of aromatic nitrogens is 3. The van der Waals surface area contributed by atoms with Gasteiger partial charge in [0.05, 0.1) is 11.2 Å². The number of thioether (sulfide) groups is 1. The van der Waals surface area contributed by atoms with E-state index in [1.807, 2.05) is 0 Å². The van der Waals surface area contributed by atoms with Crippen LogP contribution in [0.3, 0.4) is 0 Å². The van der Waals surface area contributed by atoms with E-state index in [4.69, 9.17) is 10.2 Å². The van der Waals surface area contributed by atoms with Crippen molar-refractivity contribution >= 4 is 23.4 Å². The Morgan fingerprint density at radius 1 is 1.40 bits per heavy atom. The van der Waals surface area contributed by atoms with Gasteiger partial charge in [0, 0.05) is 30.0 Å². The molecule has 0 atom stereocenters. The van der Waals surface area contributed by atoms with Gasteiger partial charge in [-0.2, -0.15) is 0 Å². The van der Waals surface area contributed by atoms with E-state index in [-0.39, 0.29) is 11.3 Å². The standard InChI is InChI=1S/C15H13N5O4S/c1-19-14(12-3-2-6-24-12)17-18-15(19)25-8-10-5-4-9(13(16)21)7-11(10)20(22)23/h2-7H,8H2,1H3,(H2,16,21). The Morgan fingerprint density at radius 2 is 2.20 bits per heavy atom. The van der Waals surface area contributed by atoms with Crippen LogP contribution in [0.2, 0.25) is 0 Å². The van der Waals surface area contributed by atoms with Gasteiger partial charge in [0.15, 0.2) is 16.7 Å². The smallest absolute Gasteiger partial charge is 0.274 e. The van der Waals surface area contributed by atoms with Gasteiger partial charge < -0.3 is 14.7 Å². The van der Waals surface area contributed by atoms with Crippen molar-refractivity contribution in [2.75, 3.05) is 0 Å². The number of furan rings is 1. The molecule has 3 aromatic rings. The van der Waals surface area contributed by atoms with Gasteiger partial charge in [-0.1, -0.05) is 17.8 Å². The Morgan fingerprint density at radius 3 is 2.84 bits per heavy atom. The number of carbonyl (C=O) groups excluding carboxylic acids is 1. The van der Waals surface area contributed by atoms with Crippen LogP contribution in [0.4, 0.5) is 5.69 Å². The Balaban J connectivity index is 1.82. The molecule has 9 nitrogen and oxygen atoms in total. The van der Waals surface area contributed by atoms with Gasteiger partial charge >= 0.3 is 0 Å². The first-order chi connectivity index (χ1) is 12.0. The molecule has 0 saturated carbocycles. The second-order valence-corrected chi connectivity index (χ2v) is 6.04. The summed E-state index contributed by atoms with van der Waals surface area (Å²) in [6.07, 6.45) is 1.54. The van der Waals surface area contributed by atoms with E-state index < -0.39 is 10.8 Å². The first-order valence-corrected chi connectivity index (χ1v) is 8.09. The first kappa shape index (κ1) is 16.7. The topological polar surface area (TPSA) is 130 Å². The quantitative estimate of drug-likeness (QED) is 0.406. The highest BCUT2D eigenvalue weighted by Gasteiger charge is 2.19. The van der Waals surface area contributed by atoms with Crippen molar-refractivity contribution in [3.05, 3.63) is 57.8 Å². The lowest BCUT2D eigenvalue weighted by Gasteiger charge is -2.05. The molecule has 0 unspecified atom stereocenters.